The Balaban J connectivity index is 2.56. The zero-order valence-electron chi connectivity index (χ0n) is 15.6. The predicted octanol–water partition coefficient (Wildman–Crippen LogP) is 4.22. The number of nitrogens with one attached hydrogen (secondary N) is 1. The maximum Gasteiger partial charge on any atom is 0.0380 e. The molecule has 1 aliphatic heterocycles. The fourth-order valence-electron chi connectivity index (χ4n) is 3.98. The largest absolute Gasteiger partial charge is 0.314 e. The molecule has 124 valence electrons. The van der Waals surface area contributed by atoms with Gasteiger partial charge in [-0.15, -0.1) is 0 Å². The monoisotopic (exact) mass is 302 g/mol. The maximum atomic E-state index is 3.50. The van der Waals surface area contributed by atoms with Crippen molar-refractivity contribution >= 4 is 0 Å². The van der Waals surface area contributed by atoms with Gasteiger partial charge in [0.15, 0.2) is 0 Å². The van der Waals surface area contributed by atoms with Crippen molar-refractivity contribution in [2.24, 2.45) is 5.92 Å². The predicted molar refractivity (Wildman–Crippen MR) is 96.8 cm³/mol. The molecule has 1 unspecified atom stereocenters. The summed E-state index contributed by atoms with van der Waals surface area (Å²) in [6, 6.07) is 0.560. The highest BCUT2D eigenvalue weighted by molar-refractivity contribution is 5.51. The van der Waals surface area contributed by atoms with Crippen LogP contribution >= 0.6 is 0 Å². The van der Waals surface area contributed by atoms with Gasteiger partial charge in [-0.3, -0.25) is 4.90 Å². The lowest BCUT2D eigenvalue weighted by Crippen LogP contribution is -2.47. The number of hydrogen-bond acceptors (Lipinski definition) is 2. The minimum Gasteiger partial charge on any atom is -0.314 e. The average Bonchev–Trinajstić information content (AvgIpc) is 2.55. The fraction of sp³-hybridized carbons (Fsp3) is 0.700. The molecule has 2 heteroatoms. The second-order valence-electron chi connectivity index (χ2n) is 7.16. The van der Waals surface area contributed by atoms with Crippen LogP contribution in [0.4, 0.5) is 0 Å². The van der Waals surface area contributed by atoms with Crippen molar-refractivity contribution in [1.82, 2.24) is 10.2 Å². The van der Waals surface area contributed by atoms with Gasteiger partial charge in [0.1, 0.15) is 0 Å². The lowest BCUT2D eigenvalue weighted by Gasteiger charge is -2.40. The number of rotatable bonds is 4. The Labute approximate surface area is 137 Å². The molecule has 1 heterocycles. The summed E-state index contributed by atoms with van der Waals surface area (Å²) in [6.07, 6.45) is 1.24. The zero-order valence-corrected chi connectivity index (χ0v) is 15.6. The van der Waals surface area contributed by atoms with Crippen molar-refractivity contribution in [3.8, 4) is 0 Å². The summed E-state index contributed by atoms with van der Waals surface area (Å²) in [7, 11) is 0. The molecule has 2 rings (SSSR count). The highest BCUT2D eigenvalue weighted by Gasteiger charge is 2.30. The van der Waals surface area contributed by atoms with E-state index < -0.39 is 0 Å². The molecular weight excluding hydrogens is 268 g/mol. The maximum absolute atomic E-state index is 3.50. The fourth-order valence-corrected chi connectivity index (χ4v) is 3.98. The highest BCUT2D eigenvalue weighted by atomic mass is 15.2. The lowest BCUT2D eigenvalue weighted by molar-refractivity contribution is 0.127. The Morgan fingerprint density at radius 2 is 1.32 bits per heavy atom. The van der Waals surface area contributed by atoms with Crippen molar-refractivity contribution in [2.75, 3.05) is 26.2 Å². The molecule has 0 bridgehead atoms. The van der Waals surface area contributed by atoms with Gasteiger partial charge >= 0.3 is 0 Å². The molecule has 1 aromatic rings. The molecule has 1 saturated heterocycles. The molecule has 1 aliphatic rings. The summed E-state index contributed by atoms with van der Waals surface area (Å²) in [6.45, 7) is 20.9. The summed E-state index contributed by atoms with van der Waals surface area (Å²) in [5, 5.41) is 3.50. The van der Waals surface area contributed by atoms with Crippen molar-refractivity contribution in [2.45, 2.75) is 60.9 Å². The Bertz CT molecular complexity index is 498. The van der Waals surface area contributed by atoms with E-state index in [1.165, 1.54) is 47.3 Å². The Morgan fingerprint density at radius 1 is 0.864 bits per heavy atom. The first-order valence-corrected chi connectivity index (χ1v) is 8.91. The Morgan fingerprint density at radius 3 is 1.77 bits per heavy atom. The van der Waals surface area contributed by atoms with Crippen molar-refractivity contribution in [1.29, 1.82) is 0 Å². The van der Waals surface area contributed by atoms with Gasteiger partial charge in [-0.1, -0.05) is 20.3 Å². The van der Waals surface area contributed by atoms with Crippen LogP contribution < -0.4 is 5.32 Å². The van der Waals surface area contributed by atoms with E-state index in [-0.39, 0.29) is 0 Å². The number of nitrogens with zero attached hydrogens (tertiary/aromatic N) is 1. The molecular formula is C20H34N2. The molecule has 0 spiro atoms. The summed E-state index contributed by atoms with van der Waals surface area (Å²) in [5.41, 5.74) is 9.09. The second-order valence-corrected chi connectivity index (χ2v) is 7.16. The van der Waals surface area contributed by atoms with Crippen molar-refractivity contribution in [3.05, 3.63) is 33.4 Å². The summed E-state index contributed by atoms with van der Waals surface area (Å²) in [5.74, 6) is 0.692. The van der Waals surface area contributed by atoms with Gasteiger partial charge in [-0.25, -0.2) is 0 Å². The van der Waals surface area contributed by atoms with E-state index in [2.05, 4.69) is 58.7 Å². The van der Waals surface area contributed by atoms with Crippen molar-refractivity contribution < 1.29 is 0 Å². The SMILES string of the molecule is CCC(C)[C@H](c1c(C)c(C)c(C)c(C)c1C)N1CCNCC1. The van der Waals surface area contributed by atoms with Gasteiger partial charge < -0.3 is 5.32 Å². The van der Waals surface area contributed by atoms with Crippen LogP contribution in [0.5, 0.6) is 0 Å². The number of hydrogen-bond donors (Lipinski definition) is 1. The van der Waals surface area contributed by atoms with E-state index in [4.69, 9.17) is 0 Å². The highest BCUT2D eigenvalue weighted by Crippen LogP contribution is 2.38. The standard InChI is InChI=1S/C20H34N2/c1-8-13(2)20(22-11-9-21-10-12-22)19-17(6)15(4)14(3)16(5)18(19)7/h13,20-21H,8-12H2,1-7H3/t13?,20-/m1/s1. The van der Waals surface area contributed by atoms with Gasteiger partial charge in [-0.05, 0) is 73.9 Å². The Hall–Kier alpha value is -0.860. The zero-order chi connectivity index (χ0) is 16.4. The Kier molecular flexibility index (Phi) is 5.68. The van der Waals surface area contributed by atoms with Crippen LogP contribution in [0.1, 0.15) is 59.7 Å². The third-order valence-electron chi connectivity index (χ3n) is 6.08. The topological polar surface area (TPSA) is 15.3 Å². The van der Waals surface area contributed by atoms with Crippen molar-refractivity contribution in [3.63, 3.8) is 0 Å². The number of piperazine rings is 1. The number of benzene rings is 1. The summed E-state index contributed by atoms with van der Waals surface area (Å²) in [4.78, 5) is 2.72. The molecule has 1 fully saturated rings. The third kappa shape index (κ3) is 3.09. The van der Waals surface area contributed by atoms with E-state index in [9.17, 15) is 0 Å². The molecule has 0 saturated carbocycles. The quantitative estimate of drug-likeness (QED) is 0.896. The second kappa shape index (κ2) is 7.14. The normalized spacial score (nSPS) is 19.2. The van der Waals surface area contributed by atoms with Gasteiger partial charge in [0.25, 0.3) is 0 Å². The van der Waals surface area contributed by atoms with Gasteiger partial charge in [0.2, 0.25) is 0 Å². The van der Waals surface area contributed by atoms with Crippen LogP contribution in [0, 0.1) is 40.5 Å². The lowest BCUT2D eigenvalue weighted by atomic mass is 9.81. The average molecular weight is 303 g/mol. The van der Waals surface area contributed by atoms with E-state index >= 15 is 0 Å². The van der Waals surface area contributed by atoms with Crippen LogP contribution in [0.3, 0.4) is 0 Å². The molecule has 0 radical (unpaired) electrons. The van der Waals surface area contributed by atoms with Crippen LogP contribution in [0.25, 0.3) is 0 Å². The van der Waals surface area contributed by atoms with E-state index in [0.717, 1.165) is 13.1 Å². The molecule has 22 heavy (non-hydrogen) atoms. The first-order chi connectivity index (χ1) is 10.4. The first kappa shape index (κ1) is 17.5. The molecule has 0 aromatic heterocycles. The van der Waals surface area contributed by atoms with Gasteiger partial charge in [-0.2, -0.15) is 0 Å². The minimum atomic E-state index is 0.560. The van der Waals surface area contributed by atoms with Gasteiger partial charge in [0, 0.05) is 32.2 Å². The van der Waals surface area contributed by atoms with Crippen LogP contribution in [-0.4, -0.2) is 31.1 Å². The van der Waals surface area contributed by atoms with E-state index in [1.54, 1.807) is 5.56 Å². The molecule has 1 aromatic carbocycles. The summed E-state index contributed by atoms with van der Waals surface area (Å²) < 4.78 is 0. The smallest absolute Gasteiger partial charge is 0.0380 e. The summed E-state index contributed by atoms with van der Waals surface area (Å²) >= 11 is 0. The molecule has 0 aliphatic carbocycles. The van der Waals surface area contributed by atoms with Crippen LogP contribution in [0.15, 0.2) is 0 Å². The van der Waals surface area contributed by atoms with E-state index in [1.807, 2.05) is 0 Å². The third-order valence-corrected chi connectivity index (χ3v) is 6.08. The molecule has 2 nitrogen and oxygen atoms in total. The molecule has 0 amide bonds. The van der Waals surface area contributed by atoms with Crippen LogP contribution in [-0.2, 0) is 0 Å². The van der Waals surface area contributed by atoms with Gasteiger partial charge in [0.05, 0.1) is 0 Å². The van der Waals surface area contributed by atoms with E-state index in [0.29, 0.717) is 12.0 Å². The minimum absolute atomic E-state index is 0.560. The molecule has 1 N–H and O–H groups in total. The molecule has 2 atom stereocenters. The first-order valence-electron chi connectivity index (χ1n) is 8.91. The van der Waals surface area contributed by atoms with Crippen LogP contribution in [0.2, 0.25) is 0 Å².